The van der Waals surface area contributed by atoms with Gasteiger partial charge in [0.2, 0.25) is 0 Å². The maximum absolute atomic E-state index is 15.3. The van der Waals surface area contributed by atoms with Crippen molar-refractivity contribution in [2.75, 3.05) is 36.8 Å². The smallest absolute Gasteiger partial charge is 0.156 e. The van der Waals surface area contributed by atoms with Crippen molar-refractivity contribution in [3.8, 4) is 16.9 Å². The lowest BCUT2D eigenvalue weighted by Gasteiger charge is -2.43. The molecular weight excluding hydrogens is 496 g/mol. The fourth-order valence-corrected chi connectivity index (χ4v) is 6.54. The topological polar surface area (TPSA) is 71.3 Å². The number of benzene rings is 2. The largest absolute Gasteiger partial charge is 0.369 e. The second-order valence-electron chi connectivity index (χ2n) is 11.1. The minimum Gasteiger partial charge on any atom is -0.369 e. The number of nitrogens with zero attached hydrogens (tertiary/aromatic N) is 5. The fourth-order valence-electron chi connectivity index (χ4n) is 4.71. The molecule has 0 atom stereocenters. The van der Waals surface area contributed by atoms with Gasteiger partial charge in [-0.2, -0.15) is 0 Å². The van der Waals surface area contributed by atoms with Gasteiger partial charge in [0.15, 0.2) is 21.5 Å². The van der Waals surface area contributed by atoms with Crippen LogP contribution in [-0.2, 0) is 15.6 Å². The number of halogens is 2. The van der Waals surface area contributed by atoms with E-state index >= 15 is 4.39 Å². The van der Waals surface area contributed by atoms with Crippen LogP contribution in [0.3, 0.4) is 0 Å². The Balaban J connectivity index is 1.57. The van der Waals surface area contributed by atoms with Crippen molar-refractivity contribution in [3.63, 3.8) is 0 Å². The highest BCUT2D eigenvalue weighted by atomic mass is 32.2. The van der Waals surface area contributed by atoms with E-state index in [1.54, 1.807) is 13.8 Å². The number of rotatable bonds is 7. The molecule has 1 aliphatic heterocycles. The van der Waals surface area contributed by atoms with E-state index in [1.807, 2.05) is 24.3 Å². The Labute approximate surface area is 218 Å². The van der Waals surface area contributed by atoms with Gasteiger partial charge in [-0.3, -0.25) is 4.90 Å². The zero-order chi connectivity index (χ0) is 27.0. The van der Waals surface area contributed by atoms with E-state index in [0.717, 1.165) is 48.2 Å². The van der Waals surface area contributed by atoms with E-state index < -0.39 is 32.9 Å². The number of aromatic nitrogens is 3. The molecular formula is C27H35F2N5O2S. The molecule has 2 heterocycles. The molecule has 0 aliphatic carbocycles. The third kappa shape index (κ3) is 6.35. The molecule has 0 amide bonds. The summed E-state index contributed by atoms with van der Waals surface area (Å²) in [5.41, 5.74) is 1.89. The molecule has 10 heteroatoms. The summed E-state index contributed by atoms with van der Waals surface area (Å²) in [4.78, 5) is 4.78. The summed E-state index contributed by atoms with van der Waals surface area (Å²) in [6.45, 7) is 13.9. The summed E-state index contributed by atoms with van der Waals surface area (Å²) in [7, 11) is -3.55. The molecule has 0 N–H and O–H groups in total. The van der Waals surface area contributed by atoms with Crippen molar-refractivity contribution in [3.05, 3.63) is 59.8 Å². The van der Waals surface area contributed by atoms with Crippen LogP contribution in [0.25, 0.3) is 16.9 Å². The average molecular weight is 532 g/mol. The molecule has 3 aromatic rings. The van der Waals surface area contributed by atoms with E-state index in [2.05, 4.69) is 40.9 Å². The van der Waals surface area contributed by atoms with Crippen LogP contribution in [0.5, 0.6) is 0 Å². The standard InChI is InChI=1S/C27H35F2N5O2S/c1-19(2)17-37(35,36)18-21-9-10-23(28)26(25(21)29)34-16-24(30-31-34)20-7-6-8-22(15-20)32-11-13-33(14-12-32)27(3,4)5/h6-10,15-16,19H,11-14,17-18H2,1-5H3. The van der Waals surface area contributed by atoms with Gasteiger partial charge < -0.3 is 4.90 Å². The van der Waals surface area contributed by atoms with Crippen LogP contribution in [0.1, 0.15) is 40.2 Å². The molecule has 0 radical (unpaired) electrons. The molecule has 37 heavy (non-hydrogen) atoms. The Morgan fingerprint density at radius 3 is 2.38 bits per heavy atom. The van der Waals surface area contributed by atoms with E-state index in [1.165, 1.54) is 12.3 Å². The van der Waals surface area contributed by atoms with Crippen molar-refractivity contribution in [2.45, 2.75) is 45.9 Å². The Hall–Kier alpha value is -2.85. The van der Waals surface area contributed by atoms with Crippen LogP contribution >= 0.6 is 0 Å². The Bertz CT molecular complexity index is 1360. The van der Waals surface area contributed by atoms with Crippen molar-refractivity contribution >= 4 is 15.5 Å². The second kappa shape index (κ2) is 10.5. The predicted octanol–water partition coefficient (Wildman–Crippen LogP) is 4.70. The lowest BCUT2D eigenvalue weighted by Crippen LogP contribution is -2.53. The van der Waals surface area contributed by atoms with Crippen LogP contribution in [0.2, 0.25) is 0 Å². The monoisotopic (exact) mass is 531 g/mol. The van der Waals surface area contributed by atoms with Gasteiger partial charge in [0, 0.05) is 48.5 Å². The van der Waals surface area contributed by atoms with Crippen molar-refractivity contribution in [2.24, 2.45) is 5.92 Å². The summed E-state index contributed by atoms with van der Waals surface area (Å²) >= 11 is 0. The van der Waals surface area contributed by atoms with Crippen molar-refractivity contribution in [1.82, 2.24) is 19.9 Å². The molecule has 4 rings (SSSR count). The highest BCUT2D eigenvalue weighted by molar-refractivity contribution is 7.90. The van der Waals surface area contributed by atoms with Gasteiger partial charge in [-0.15, -0.1) is 5.10 Å². The van der Waals surface area contributed by atoms with E-state index in [9.17, 15) is 12.8 Å². The maximum Gasteiger partial charge on any atom is 0.156 e. The first-order chi connectivity index (χ1) is 17.3. The third-order valence-electron chi connectivity index (χ3n) is 6.57. The predicted molar refractivity (Wildman–Crippen MR) is 143 cm³/mol. The minimum absolute atomic E-state index is 0.0752. The number of piperazine rings is 1. The number of anilines is 1. The van der Waals surface area contributed by atoms with Gasteiger partial charge in [0.25, 0.3) is 0 Å². The molecule has 2 aromatic carbocycles. The first kappa shape index (κ1) is 27.2. The molecule has 200 valence electrons. The normalized spacial score (nSPS) is 15.5. The number of hydrogen-bond donors (Lipinski definition) is 0. The fraction of sp³-hybridized carbons (Fsp3) is 0.481. The lowest BCUT2D eigenvalue weighted by molar-refractivity contribution is 0.128. The molecule has 0 saturated carbocycles. The molecule has 1 saturated heterocycles. The molecule has 1 fully saturated rings. The second-order valence-corrected chi connectivity index (χ2v) is 13.2. The van der Waals surface area contributed by atoms with E-state index in [4.69, 9.17) is 0 Å². The van der Waals surface area contributed by atoms with Crippen LogP contribution in [0, 0.1) is 17.6 Å². The molecule has 7 nitrogen and oxygen atoms in total. The number of hydrogen-bond acceptors (Lipinski definition) is 6. The molecule has 0 unspecified atom stereocenters. The zero-order valence-electron chi connectivity index (χ0n) is 22.1. The van der Waals surface area contributed by atoms with Gasteiger partial charge in [0.1, 0.15) is 11.4 Å². The van der Waals surface area contributed by atoms with Gasteiger partial charge in [-0.25, -0.2) is 21.9 Å². The SMILES string of the molecule is CC(C)CS(=O)(=O)Cc1ccc(F)c(-n2cc(-c3cccc(N4CCN(C(C)(C)C)CC4)c3)nn2)c1F. The molecule has 1 aliphatic rings. The van der Waals surface area contributed by atoms with Gasteiger partial charge in [-0.05, 0) is 44.9 Å². The quantitative estimate of drug-likeness (QED) is 0.440. The van der Waals surface area contributed by atoms with Crippen LogP contribution in [-0.4, -0.2) is 65.8 Å². The lowest BCUT2D eigenvalue weighted by atomic mass is 10.0. The number of sulfone groups is 1. The average Bonchev–Trinajstić information content (AvgIpc) is 3.30. The van der Waals surface area contributed by atoms with Gasteiger partial charge in [0.05, 0.1) is 17.7 Å². The highest BCUT2D eigenvalue weighted by Crippen LogP contribution is 2.28. The van der Waals surface area contributed by atoms with E-state index in [-0.39, 0.29) is 22.8 Å². The van der Waals surface area contributed by atoms with E-state index in [0.29, 0.717) is 5.69 Å². The first-order valence-corrected chi connectivity index (χ1v) is 14.4. The Morgan fingerprint density at radius 1 is 1.03 bits per heavy atom. The minimum atomic E-state index is -3.55. The van der Waals surface area contributed by atoms with Gasteiger partial charge in [-0.1, -0.05) is 37.3 Å². The summed E-state index contributed by atoms with van der Waals surface area (Å²) in [6, 6.07) is 10.1. The summed E-state index contributed by atoms with van der Waals surface area (Å²) in [5.74, 6) is -2.47. The van der Waals surface area contributed by atoms with Crippen molar-refractivity contribution < 1.29 is 17.2 Å². The zero-order valence-corrected chi connectivity index (χ0v) is 22.9. The van der Waals surface area contributed by atoms with Crippen LogP contribution in [0.4, 0.5) is 14.5 Å². The summed E-state index contributed by atoms with van der Waals surface area (Å²) in [6.07, 6.45) is 1.46. The van der Waals surface area contributed by atoms with Gasteiger partial charge >= 0.3 is 0 Å². The summed E-state index contributed by atoms with van der Waals surface area (Å²) < 4.78 is 55.9. The molecule has 0 spiro atoms. The van der Waals surface area contributed by atoms with Crippen LogP contribution in [0.15, 0.2) is 42.6 Å². The Kier molecular flexibility index (Phi) is 7.71. The van der Waals surface area contributed by atoms with Crippen LogP contribution < -0.4 is 4.90 Å². The summed E-state index contributed by atoms with van der Waals surface area (Å²) in [5, 5.41) is 8.12. The van der Waals surface area contributed by atoms with Crippen molar-refractivity contribution in [1.29, 1.82) is 0 Å². The maximum atomic E-state index is 15.3. The Morgan fingerprint density at radius 2 is 1.73 bits per heavy atom. The molecule has 1 aromatic heterocycles. The third-order valence-corrected chi connectivity index (χ3v) is 8.49. The molecule has 0 bridgehead atoms. The highest BCUT2D eigenvalue weighted by Gasteiger charge is 2.26. The first-order valence-electron chi connectivity index (χ1n) is 12.5.